The number of benzene rings is 2. The Balaban J connectivity index is 2.17. The molecule has 0 fully saturated rings. The van der Waals surface area contributed by atoms with Crippen LogP contribution in [-0.4, -0.2) is 0 Å². The van der Waals surface area contributed by atoms with Crippen molar-refractivity contribution in [1.29, 1.82) is 0 Å². The van der Waals surface area contributed by atoms with Crippen LogP contribution in [0.1, 0.15) is 0 Å². The van der Waals surface area contributed by atoms with Gasteiger partial charge in [0.2, 0.25) is 0 Å². The minimum Gasteiger partial charge on any atom is -0.355 e. The topological polar surface area (TPSA) is 41.5 Å². The lowest BCUT2D eigenvalue weighted by molar-refractivity contribution is 0.628. The Bertz CT molecular complexity index is 497. The Hall–Kier alpha value is -2.23. The zero-order chi connectivity index (χ0) is 11.4. The van der Waals surface area contributed by atoms with Gasteiger partial charge >= 0.3 is 0 Å². The number of anilines is 2. The smallest absolute Gasteiger partial charge is 0.125 e. The Morgan fingerprint density at radius 3 is 2.38 bits per heavy atom. The van der Waals surface area contributed by atoms with Crippen LogP contribution in [0.25, 0.3) is 0 Å². The van der Waals surface area contributed by atoms with Gasteiger partial charge in [-0.2, -0.15) is 0 Å². The second-order valence-electron chi connectivity index (χ2n) is 3.27. The largest absolute Gasteiger partial charge is 0.355 e. The summed E-state index contributed by atoms with van der Waals surface area (Å²) in [4.78, 5) is 10.2. The molecule has 0 heterocycles. The molecule has 2 aromatic rings. The Kier molecular flexibility index (Phi) is 2.91. The molecule has 2 aromatic carbocycles. The summed E-state index contributed by atoms with van der Waals surface area (Å²) < 4.78 is 12.9. The molecular weight excluding hydrogens is 207 g/mol. The Morgan fingerprint density at radius 2 is 1.75 bits per heavy atom. The van der Waals surface area contributed by atoms with Gasteiger partial charge in [-0.1, -0.05) is 6.07 Å². The van der Waals surface area contributed by atoms with E-state index >= 15 is 0 Å². The molecule has 0 aromatic heterocycles. The maximum atomic E-state index is 12.9. The molecule has 0 atom stereocenters. The van der Waals surface area contributed by atoms with Gasteiger partial charge in [-0.05, 0) is 47.6 Å². The quantitative estimate of drug-likeness (QED) is 0.789. The van der Waals surface area contributed by atoms with E-state index in [0.717, 1.165) is 5.69 Å². The summed E-state index contributed by atoms with van der Waals surface area (Å²) in [5.74, 6) is -0.295. The molecule has 0 radical (unpaired) electrons. The lowest BCUT2D eigenvalue weighted by atomic mass is 10.2. The van der Waals surface area contributed by atoms with Crippen LogP contribution in [-0.2, 0) is 0 Å². The van der Waals surface area contributed by atoms with Gasteiger partial charge in [0.25, 0.3) is 0 Å². The fourth-order valence-corrected chi connectivity index (χ4v) is 1.34. The van der Waals surface area contributed by atoms with E-state index in [9.17, 15) is 9.30 Å². The van der Waals surface area contributed by atoms with Gasteiger partial charge in [0.05, 0.1) is 0 Å². The number of nitroso groups, excluding NO2 is 1. The van der Waals surface area contributed by atoms with Crippen LogP contribution in [0, 0.1) is 10.7 Å². The molecule has 0 bridgehead atoms. The first kappa shape index (κ1) is 10.3. The highest BCUT2D eigenvalue weighted by molar-refractivity contribution is 5.61. The zero-order valence-corrected chi connectivity index (χ0v) is 8.35. The molecule has 0 saturated carbocycles. The van der Waals surface area contributed by atoms with E-state index < -0.39 is 0 Å². The number of nitrogens with zero attached hydrogens (tertiary/aromatic N) is 1. The van der Waals surface area contributed by atoms with E-state index in [1.54, 1.807) is 36.4 Å². The van der Waals surface area contributed by atoms with Crippen molar-refractivity contribution in [1.82, 2.24) is 0 Å². The number of nitrogens with one attached hydrogen (secondary N) is 1. The predicted molar refractivity (Wildman–Crippen MR) is 61.6 cm³/mol. The van der Waals surface area contributed by atoms with E-state index in [4.69, 9.17) is 0 Å². The van der Waals surface area contributed by atoms with Gasteiger partial charge in [0.1, 0.15) is 11.5 Å². The molecule has 4 heteroatoms. The Morgan fingerprint density at radius 1 is 1.00 bits per heavy atom. The average Bonchev–Trinajstić information content (AvgIpc) is 2.30. The maximum Gasteiger partial charge on any atom is 0.125 e. The van der Waals surface area contributed by atoms with Gasteiger partial charge in [0, 0.05) is 11.4 Å². The van der Waals surface area contributed by atoms with E-state index in [-0.39, 0.29) is 5.82 Å². The van der Waals surface area contributed by atoms with E-state index in [0.29, 0.717) is 11.4 Å². The minimum atomic E-state index is -0.295. The highest BCUT2D eigenvalue weighted by Crippen LogP contribution is 2.20. The molecule has 16 heavy (non-hydrogen) atoms. The first-order valence-corrected chi connectivity index (χ1v) is 4.74. The van der Waals surface area contributed by atoms with E-state index in [1.807, 2.05) is 0 Å². The van der Waals surface area contributed by atoms with Gasteiger partial charge < -0.3 is 5.32 Å². The molecule has 0 aliphatic carbocycles. The molecule has 1 N–H and O–H groups in total. The number of hydrogen-bond donors (Lipinski definition) is 1. The SMILES string of the molecule is O=Nc1ccc(Nc2cccc(F)c2)cc1. The summed E-state index contributed by atoms with van der Waals surface area (Å²) >= 11 is 0. The van der Waals surface area contributed by atoms with Gasteiger partial charge in [-0.3, -0.25) is 0 Å². The third-order valence-corrected chi connectivity index (χ3v) is 2.09. The highest BCUT2D eigenvalue weighted by atomic mass is 19.1. The van der Waals surface area contributed by atoms with Crippen molar-refractivity contribution < 1.29 is 4.39 Å². The van der Waals surface area contributed by atoms with Crippen molar-refractivity contribution in [3.63, 3.8) is 0 Å². The summed E-state index contributed by atoms with van der Waals surface area (Å²) in [6.07, 6.45) is 0. The fourth-order valence-electron chi connectivity index (χ4n) is 1.34. The van der Waals surface area contributed by atoms with Crippen LogP contribution in [0.3, 0.4) is 0 Å². The average molecular weight is 216 g/mol. The summed E-state index contributed by atoms with van der Waals surface area (Å²) in [7, 11) is 0. The number of rotatable bonds is 3. The number of hydrogen-bond acceptors (Lipinski definition) is 3. The van der Waals surface area contributed by atoms with Crippen LogP contribution < -0.4 is 5.32 Å². The molecule has 2 rings (SSSR count). The third kappa shape index (κ3) is 2.42. The summed E-state index contributed by atoms with van der Waals surface area (Å²) in [5, 5.41) is 5.81. The van der Waals surface area contributed by atoms with Crippen LogP contribution in [0.15, 0.2) is 53.7 Å². The molecule has 0 amide bonds. The van der Waals surface area contributed by atoms with E-state index in [2.05, 4.69) is 10.5 Å². The van der Waals surface area contributed by atoms with Crippen molar-refractivity contribution in [2.45, 2.75) is 0 Å². The van der Waals surface area contributed by atoms with Crippen molar-refractivity contribution in [2.75, 3.05) is 5.32 Å². The van der Waals surface area contributed by atoms with Crippen LogP contribution >= 0.6 is 0 Å². The lowest BCUT2D eigenvalue weighted by Gasteiger charge is -2.05. The minimum absolute atomic E-state index is 0.295. The Labute approximate surface area is 91.9 Å². The highest BCUT2D eigenvalue weighted by Gasteiger charge is 1.97. The normalized spacial score (nSPS) is 9.81. The molecule has 3 nitrogen and oxygen atoms in total. The van der Waals surface area contributed by atoms with E-state index in [1.165, 1.54) is 12.1 Å². The third-order valence-electron chi connectivity index (χ3n) is 2.09. The first-order valence-electron chi connectivity index (χ1n) is 4.74. The first-order chi connectivity index (χ1) is 7.78. The molecule has 0 unspecified atom stereocenters. The van der Waals surface area contributed by atoms with Gasteiger partial charge in [-0.25, -0.2) is 4.39 Å². The molecule has 0 aliphatic heterocycles. The standard InChI is InChI=1S/C12H9FN2O/c13-9-2-1-3-12(8-9)14-10-4-6-11(15-16)7-5-10/h1-8,14H. The summed E-state index contributed by atoms with van der Waals surface area (Å²) in [5.41, 5.74) is 1.80. The van der Waals surface area contributed by atoms with Crippen molar-refractivity contribution >= 4 is 17.1 Å². The molecular formula is C12H9FN2O. The van der Waals surface area contributed by atoms with Crippen LogP contribution in [0.2, 0.25) is 0 Å². The zero-order valence-electron chi connectivity index (χ0n) is 8.35. The monoisotopic (exact) mass is 216 g/mol. The second kappa shape index (κ2) is 4.53. The van der Waals surface area contributed by atoms with Crippen molar-refractivity contribution in [3.8, 4) is 0 Å². The van der Waals surface area contributed by atoms with Crippen LogP contribution in [0.4, 0.5) is 21.5 Å². The summed E-state index contributed by atoms with van der Waals surface area (Å²) in [6.45, 7) is 0. The lowest BCUT2D eigenvalue weighted by Crippen LogP contribution is -1.89. The predicted octanol–water partition coefficient (Wildman–Crippen LogP) is 3.97. The van der Waals surface area contributed by atoms with Gasteiger partial charge in [0.15, 0.2) is 0 Å². The molecule has 0 aliphatic rings. The summed E-state index contributed by atoms with van der Waals surface area (Å²) in [6, 6.07) is 12.8. The van der Waals surface area contributed by atoms with Crippen LogP contribution in [0.5, 0.6) is 0 Å². The molecule has 0 saturated heterocycles. The fraction of sp³-hybridized carbons (Fsp3) is 0. The second-order valence-corrected chi connectivity index (χ2v) is 3.27. The van der Waals surface area contributed by atoms with Gasteiger partial charge in [-0.15, -0.1) is 4.91 Å². The molecule has 80 valence electrons. The molecule has 0 spiro atoms. The van der Waals surface area contributed by atoms with Crippen molar-refractivity contribution in [3.05, 3.63) is 59.3 Å². The van der Waals surface area contributed by atoms with Crippen molar-refractivity contribution in [2.24, 2.45) is 5.18 Å². The number of halogens is 1. The maximum absolute atomic E-state index is 12.9.